The second-order valence-corrected chi connectivity index (χ2v) is 9.13. The van der Waals surface area contributed by atoms with E-state index in [1.165, 1.54) is 17.0 Å². The number of nitrogens with one attached hydrogen (secondary N) is 1. The fourth-order valence-electron chi connectivity index (χ4n) is 3.28. The van der Waals surface area contributed by atoms with E-state index in [4.69, 9.17) is 9.47 Å². The summed E-state index contributed by atoms with van der Waals surface area (Å²) in [6.07, 6.45) is 2.50. The van der Waals surface area contributed by atoms with E-state index in [9.17, 15) is 13.2 Å². The number of benzene rings is 1. The zero-order valence-corrected chi connectivity index (χ0v) is 18.2. The van der Waals surface area contributed by atoms with E-state index in [-0.39, 0.29) is 31.5 Å². The average Bonchev–Trinajstić information content (AvgIpc) is 2.75. The highest BCUT2D eigenvalue weighted by Crippen LogP contribution is 2.23. The minimum absolute atomic E-state index is 0.116. The number of pyridine rings is 1. The number of nitrogens with zero attached hydrogens (tertiary/aromatic N) is 2. The maximum atomic E-state index is 12.6. The molecule has 1 aliphatic heterocycles. The minimum Gasteiger partial charge on any atom is -0.469 e. The highest BCUT2D eigenvalue weighted by molar-refractivity contribution is 7.87. The molecule has 1 aromatic heterocycles. The van der Waals surface area contributed by atoms with E-state index in [0.717, 1.165) is 11.1 Å². The summed E-state index contributed by atoms with van der Waals surface area (Å²) >= 11 is 0. The standard InChI is InChI=1S/C21H27N3O5S/c1-15-4-5-19(12-16(15)2)29-20-13-17(6-9-22-20)14-23-30(26,27)24-10-7-18(8-11-24)21(25)28-3/h4-6,9,12-13,18,23H,7-8,10-11,14H2,1-3H3. The van der Waals surface area contributed by atoms with Crippen LogP contribution in [0.1, 0.15) is 29.5 Å². The molecule has 3 rings (SSSR count). The van der Waals surface area contributed by atoms with E-state index < -0.39 is 10.2 Å². The van der Waals surface area contributed by atoms with Crippen LogP contribution >= 0.6 is 0 Å². The fraction of sp³-hybridized carbons (Fsp3) is 0.429. The van der Waals surface area contributed by atoms with Crippen LogP contribution in [0.5, 0.6) is 11.6 Å². The van der Waals surface area contributed by atoms with E-state index in [1.54, 1.807) is 18.3 Å². The van der Waals surface area contributed by atoms with Crippen LogP contribution in [0.15, 0.2) is 36.5 Å². The van der Waals surface area contributed by atoms with Crippen molar-refractivity contribution in [1.29, 1.82) is 0 Å². The van der Waals surface area contributed by atoms with Gasteiger partial charge in [-0.05, 0) is 61.6 Å². The van der Waals surface area contributed by atoms with Crippen LogP contribution in [0.25, 0.3) is 0 Å². The van der Waals surface area contributed by atoms with Crippen molar-refractivity contribution in [3.05, 3.63) is 53.2 Å². The molecule has 2 heterocycles. The van der Waals surface area contributed by atoms with Gasteiger partial charge in [-0.2, -0.15) is 17.4 Å². The van der Waals surface area contributed by atoms with Crippen molar-refractivity contribution in [2.24, 2.45) is 5.92 Å². The Labute approximate surface area is 177 Å². The Hall–Kier alpha value is -2.49. The molecular weight excluding hydrogens is 406 g/mol. The number of hydrogen-bond donors (Lipinski definition) is 1. The fourth-order valence-corrected chi connectivity index (χ4v) is 4.50. The second-order valence-electron chi connectivity index (χ2n) is 7.37. The maximum Gasteiger partial charge on any atom is 0.308 e. The zero-order chi connectivity index (χ0) is 21.7. The smallest absolute Gasteiger partial charge is 0.308 e. The number of piperidine rings is 1. The number of carbonyl (C=O) groups excluding carboxylic acids is 1. The molecule has 0 aliphatic carbocycles. The molecule has 1 fully saturated rings. The molecule has 1 aliphatic rings. The number of aromatic nitrogens is 1. The SMILES string of the molecule is COC(=O)C1CCN(S(=O)(=O)NCc2ccnc(Oc3ccc(C)c(C)c3)c2)CC1. The minimum atomic E-state index is -3.65. The second kappa shape index (κ2) is 9.55. The van der Waals surface area contributed by atoms with Crippen LogP contribution < -0.4 is 9.46 Å². The largest absolute Gasteiger partial charge is 0.469 e. The van der Waals surface area contributed by atoms with Gasteiger partial charge in [0.25, 0.3) is 10.2 Å². The van der Waals surface area contributed by atoms with Gasteiger partial charge in [-0.1, -0.05) is 6.07 Å². The van der Waals surface area contributed by atoms with Gasteiger partial charge in [-0.15, -0.1) is 0 Å². The molecule has 0 spiro atoms. The van der Waals surface area contributed by atoms with E-state index in [0.29, 0.717) is 24.5 Å². The molecule has 1 aromatic carbocycles. The first-order valence-corrected chi connectivity index (χ1v) is 11.2. The highest BCUT2D eigenvalue weighted by atomic mass is 32.2. The zero-order valence-electron chi connectivity index (χ0n) is 17.4. The lowest BCUT2D eigenvalue weighted by atomic mass is 9.99. The van der Waals surface area contributed by atoms with Crippen molar-refractivity contribution in [2.45, 2.75) is 33.2 Å². The van der Waals surface area contributed by atoms with Gasteiger partial charge in [0, 0.05) is 31.9 Å². The Morgan fingerprint density at radius 3 is 2.57 bits per heavy atom. The summed E-state index contributed by atoms with van der Waals surface area (Å²) in [7, 11) is -2.30. The Bertz CT molecular complexity index is 1000. The molecule has 0 radical (unpaired) electrons. The predicted octanol–water partition coefficient (Wildman–Crippen LogP) is 2.71. The summed E-state index contributed by atoms with van der Waals surface area (Å²) in [4.78, 5) is 15.8. The first-order chi connectivity index (χ1) is 14.3. The van der Waals surface area contributed by atoms with E-state index in [2.05, 4.69) is 9.71 Å². The Kier molecular flexibility index (Phi) is 7.06. The van der Waals surface area contributed by atoms with Crippen LogP contribution in [0, 0.1) is 19.8 Å². The van der Waals surface area contributed by atoms with Crippen molar-refractivity contribution in [1.82, 2.24) is 14.0 Å². The first-order valence-electron chi connectivity index (χ1n) is 9.81. The molecule has 9 heteroatoms. The molecule has 8 nitrogen and oxygen atoms in total. The summed E-state index contributed by atoms with van der Waals surface area (Å²) in [6.45, 7) is 4.72. The Morgan fingerprint density at radius 2 is 1.90 bits per heavy atom. The molecule has 30 heavy (non-hydrogen) atoms. The number of ether oxygens (including phenoxy) is 2. The molecule has 1 N–H and O–H groups in total. The third-order valence-corrected chi connectivity index (χ3v) is 6.84. The van der Waals surface area contributed by atoms with Gasteiger partial charge in [0.15, 0.2) is 0 Å². The van der Waals surface area contributed by atoms with Gasteiger partial charge in [0.1, 0.15) is 5.75 Å². The molecule has 162 valence electrons. The summed E-state index contributed by atoms with van der Waals surface area (Å²) in [5, 5.41) is 0. The molecule has 2 aromatic rings. The summed E-state index contributed by atoms with van der Waals surface area (Å²) in [6, 6.07) is 9.23. The number of esters is 1. The molecule has 0 atom stereocenters. The van der Waals surface area contributed by atoms with Gasteiger partial charge in [-0.3, -0.25) is 4.79 Å². The molecule has 0 unspecified atom stereocenters. The lowest BCUT2D eigenvalue weighted by Crippen LogP contribution is -2.45. The van der Waals surface area contributed by atoms with Gasteiger partial charge in [0.05, 0.1) is 13.0 Å². The van der Waals surface area contributed by atoms with Crippen LogP contribution in [-0.2, 0) is 26.3 Å². The normalized spacial score (nSPS) is 15.7. The van der Waals surface area contributed by atoms with Gasteiger partial charge >= 0.3 is 5.97 Å². The number of aryl methyl sites for hydroxylation is 2. The molecule has 0 bridgehead atoms. The summed E-state index contributed by atoms with van der Waals surface area (Å²) in [5.74, 6) is 0.547. The van der Waals surface area contributed by atoms with Crippen LogP contribution in [0.3, 0.4) is 0 Å². The Balaban J connectivity index is 1.58. The first kappa shape index (κ1) is 22.2. The number of carbonyl (C=O) groups is 1. The number of rotatable bonds is 7. The summed E-state index contributed by atoms with van der Waals surface area (Å²) in [5.41, 5.74) is 3.03. The van der Waals surface area contributed by atoms with E-state index >= 15 is 0 Å². The van der Waals surface area contributed by atoms with E-state index in [1.807, 2.05) is 32.0 Å². The number of hydrogen-bond acceptors (Lipinski definition) is 6. The number of methoxy groups -OCH3 is 1. The van der Waals surface area contributed by atoms with Gasteiger partial charge in [-0.25, -0.2) is 4.98 Å². The van der Waals surface area contributed by atoms with Gasteiger partial charge < -0.3 is 9.47 Å². The lowest BCUT2D eigenvalue weighted by Gasteiger charge is -2.29. The van der Waals surface area contributed by atoms with Crippen LogP contribution in [0.4, 0.5) is 0 Å². The van der Waals surface area contributed by atoms with Crippen molar-refractivity contribution in [2.75, 3.05) is 20.2 Å². The third kappa shape index (κ3) is 5.56. The van der Waals surface area contributed by atoms with Crippen LogP contribution in [0.2, 0.25) is 0 Å². The quantitative estimate of drug-likeness (QED) is 0.674. The average molecular weight is 434 g/mol. The highest BCUT2D eigenvalue weighted by Gasteiger charge is 2.31. The van der Waals surface area contributed by atoms with Crippen molar-refractivity contribution in [3.8, 4) is 11.6 Å². The molecule has 0 amide bonds. The third-order valence-electron chi connectivity index (χ3n) is 5.29. The predicted molar refractivity (Wildman–Crippen MR) is 112 cm³/mol. The molecule has 0 saturated carbocycles. The topological polar surface area (TPSA) is 97.8 Å². The summed E-state index contributed by atoms with van der Waals surface area (Å²) < 4.78 is 39.7. The molecular formula is C21H27N3O5S. The maximum absolute atomic E-state index is 12.6. The van der Waals surface area contributed by atoms with Crippen molar-refractivity contribution in [3.63, 3.8) is 0 Å². The van der Waals surface area contributed by atoms with Gasteiger partial charge in [0.2, 0.25) is 5.88 Å². The Morgan fingerprint density at radius 1 is 1.17 bits per heavy atom. The monoisotopic (exact) mass is 433 g/mol. The van der Waals surface area contributed by atoms with Crippen molar-refractivity contribution < 1.29 is 22.7 Å². The van der Waals surface area contributed by atoms with Crippen LogP contribution in [-0.4, -0.2) is 43.9 Å². The van der Waals surface area contributed by atoms with Crippen molar-refractivity contribution >= 4 is 16.2 Å². The lowest BCUT2D eigenvalue weighted by molar-refractivity contribution is -0.146. The molecule has 1 saturated heterocycles.